The Balaban J connectivity index is 2.10. The van der Waals surface area contributed by atoms with Gasteiger partial charge in [-0.2, -0.15) is 0 Å². The molecule has 154 valence electrons. The second-order valence-electron chi connectivity index (χ2n) is 6.93. The molecule has 0 unspecified atom stereocenters. The highest BCUT2D eigenvalue weighted by molar-refractivity contribution is 5.91. The van der Waals surface area contributed by atoms with E-state index in [-0.39, 0.29) is 17.9 Å². The predicted molar refractivity (Wildman–Crippen MR) is 102 cm³/mol. The number of benzene rings is 2. The summed E-state index contributed by atoms with van der Waals surface area (Å²) in [6.07, 6.45) is -0.327. The van der Waals surface area contributed by atoms with E-state index in [2.05, 4.69) is 10.6 Å². The lowest BCUT2D eigenvalue weighted by molar-refractivity contribution is -0.142. The molecule has 0 bridgehead atoms. The van der Waals surface area contributed by atoms with Crippen LogP contribution in [-0.4, -0.2) is 28.9 Å². The van der Waals surface area contributed by atoms with Gasteiger partial charge in [0, 0.05) is 6.07 Å². The summed E-state index contributed by atoms with van der Waals surface area (Å²) in [6, 6.07) is 8.62. The van der Waals surface area contributed by atoms with Gasteiger partial charge in [0.15, 0.2) is 6.04 Å². The van der Waals surface area contributed by atoms with E-state index in [1.807, 2.05) is 0 Å². The lowest BCUT2D eigenvalue weighted by Crippen LogP contribution is -2.51. The molecule has 0 spiro atoms. The fourth-order valence-electron chi connectivity index (χ4n) is 2.82. The van der Waals surface area contributed by atoms with Gasteiger partial charge in [-0.05, 0) is 29.2 Å². The molecule has 3 N–H and O–H groups in total. The zero-order chi connectivity index (χ0) is 21.6. The zero-order valence-electron chi connectivity index (χ0n) is 16.0. The third-order valence-corrected chi connectivity index (χ3v) is 4.22. The highest BCUT2D eigenvalue weighted by atomic mass is 19.1. The number of carboxylic acids is 1. The van der Waals surface area contributed by atoms with Crippen LogP contribution in [0.25, 0.3) is 0 Å². The first kappa shape index (κ1) is 22.0. The maximum atomic E-state index is 13.3. The SMILES string of the molecule is CC(C)[C@H](NC(=O)Cc1cc(F)cc(F)c1)C(=O)N[C@H](C(=O)O)c1ccccc1. The monoisotopic (exact) mass is 404 g/mol. The van der Waals surface area contributed by atoms with Crippen LogP contribution in [0.2, 0.25) is 0 Å². The van der Waals surface area contributed by atoms with Crippen molar-refractivity contribution in [3.8, 4) is 0 Å². The molecule has 0 fully saturated rings. The quantitative estimate of drug-likeness (QED) is 0.630. The maximum Gasteiger partial charge on any atom is 0.330 e. The van der Waals surface area contributed by atoms with Crippen molar-refractivity contribution in [3.63, 3.8) is 0 Å². The van der Waals surface area contributed by atoms with E-state index in [0.717, 1.165) is 12.1 Å². The minimum atomic E-state index is -1.28. The van der Waals surface area contributed by atoms with Gasteiger partial charge in [0.25, 0.3) is 0 Å². The summed E-state index contributed by atoms with van der Waals surface area (Å²) in [7, 11) is 0. The first-order valence-electron chi connectivity index (χ1n) is 9.00. The van der Waals surface area contributed by atoms with Crippen LogP contribution in [0.3, 0.4) is 0 Å². The number of hydrogen-bond acceptors (Lipinski definition) is 3. The smallest absolute Gasteiger partial charge is 0.330 e. The molecule has 0 aliphatic heterocycles. The van der Waals surface area contributed by atoms with Crippen LogP contribution < -0.4 is 10.6 Å². The lowest BCUT2D eigenvalue weighted by Gasteiger charge is -2.24. The predicted octanol–water partition coefficient (Wildman–Crippen LogP) is 2.59. The summed E-state index contributed by atoms with van der Waals surface area (Å²) >= 11 is 0. The average Bonchev–Trinajstić information content (AvgIpc) is 2.63. The zero-order valence-corrected chi connectivity index (χ0v) is 16.0. The number of rotatable bonds is 8. The molecule has 0 radical (unpaired) electrons. The molecule has 0 aliphatic carbocycles. The van der Waals surface area contributed by atoms with Crippen LogP contribution in [0.15, 0.2) is 48.5 Å². The van der Waals surface area contributed by atoms with Crippen molar-refractivity contribution in [2.45, 2.75) is 32.4 Å². The summed E-state index contributed by atoms with van der Waals surface area (Å²) in [4.78, 5) is 36.5. The number of hydrogen-bond donors (Lipinski definition) is 3. The Morgan fingerprint density at radius 2 is 1.55 bits per heavy atom. The second kappa shape index (κ2) is 9.77. The Morgan fingerprint density at radius 3 is 2.07 bits per heavy atom. The molecule has 0 saturated heterocycles. The highest BCUT2D eigenvalue weighted by Gasteiger charge is 2.29. The van der Waals surface area contributed by atoms with E-state index in [1.54, 1.807) is 44.2 Å². The maximum absolute atomic E-state index is 13.3. The van der Waals surface area contributed by atoms with Gasteiger partial charge in [-0.15, -0.1) is 0 Å². The van der Waals surface area contributed by atoms with Gasteiger partial charge in [-0.1, -0.05) is 44.2 Å². The number of nitrogens with one attached hydrogen (secondary N) is 2. The van der Waals surface area contributed by atoms with E-state index in [4.69, 9.17) is 0 Å². The van der Waals surface area contributed by atoms with Crippen LogP contribution >= 0.6 is 0 Å². The van der Waals surface area contributed by atoms with Crippen molar-refractivity contribution in [1.29, 1.82) is 0 Å². The molecule has 8 heteroatoms. The second-order valence-corrected chi connectivity index (χ2v) is 6.93. The third kappa shape index (κ3) is 6.38. The highest BCUT2D eigenvalue weighted by Crippen LogP contribution is 2.14. The third-order valence-electron chi connectivity index (χ3n) is 4.22. The van der Waals surface area contributed by atoms with Gasteiger partial charge in [0.1, 0.15) is 17.7 Å². The van der Waals surface area contributed by atoms with Gasteiger partial charge < -0.3 is 15.7 Å². The summed E-state index contributed by atoms with van der Waals surface area (Å²) in [6.45, 7) is 3.37. The number of amides is 2. The van der Waals surface area contributed by atoms with Crippen molar-refractivity contribution in [2.75, 3.05) is 0 Å². The molecule has 0 aliphatic rings. The van der Waals surface area contributed by atoms with Crippen LogP contribution in [-0.2, 0) is 20.8 Å². The first-order valence-corrected chi connectivity index (χ1v) is 9.00. The molecular weight excluding hydrogens is 382 g/mol. The lowest BCUT2D eigenvalue weighted by atomic mass is 10.0. The summed E-state index contributed by atoms with van der Waals surface area (Å²) in [5.74, 6) is -4.50. The summed E-state index contributed by atoms with van der Waals surface area (Å²) in [5.41, 5.74) is 0.507. The number of carboxylic acid groups (broad SMARTS) is 1. The molecule has 0 heterocycles. The van der Waals surface area contributed by atoms with E-state index in [0.29, 0.717) is 11.6 Å². The Labute approximate surface area is 166 Å². The van der Waals surface area contributed by atoms with Gasteiger partial charge in [0.05, 0.1) is 6.42 Å². The van der Waals surface area contributed by atoms with Crippen LogP contribution in [0.1, 0.15) is 31.0 Å². The molecule has 2 aromatic rings. The topological polar surface area (TPSA) is 95.5 Å². The molecule has 29 heavy (non-hydrogen) atoms. The van der Waals surface area contributed by atoms with E-state index in [1.165, 1.54) is 0 Å². The van der Waals surface area contributed by atoms with Crippen LogP contribution in [0.5, 0.6) is 0 Å². The molecule has 0 aromatic heterocycles. The Hall–Kier alpha value is -3.29. The molecule has 0 saturated carbocycles. The summed E-state index contributed by atoms with van der Waals surface area (Å²) < 4.78 is 26.6. The van der Waals surface area contributed by atoms with Crippen LogP contribution in [0.4, 0.5) is 8.78 Å². The average molecular weight is 404 g/mol. The minimum Gasteiger partial charge on any atom is -0.479 e. The molecule has 2 rings (SSSR count). The van der Waals surface area contributed by atoms with Crippen molar-refractivity contribution in [3.05, 3.63) is 71.3 Å². The van der Waals surface area contributed by atoms with Gasteiger partial charge >= 0.3 is 5.97 Å². The Bertz CT molecular complexity index is 867. The van der Waals surface area contributed by atoms with Gasteiger partial charge in [0.2, 0.25) is 11.8 Å². The fraction of sp³-hybridized carbons (Fsp3) is 0.286. The Kier molecular flexibility index (Phi) is 7.41. The number of halogens is 2. The molecule has 2 atom stereocenters. The minimum absolute atomic E-state index is 0.121. The van der Waals surface area contributed by atoms with Crippen LogP contribution in [0, 0.1) is 17.6 Å². The molecule has 6 nitrogen and oxygen atoms in total. The number of aliphatic carboxylic acids is 1. The van der Waals surface area contributed by atoms with Crippen molar-refractivity contribution < 1.29 is 28.3 Å². The summed E-state index contributed by atoms with van der Waals surface area (Å²) in [5, 5.41) is 14.4. The fourth-order valence-corrected chi connectivity index (χ4v) is 2.82. The van der Waals surface area contributed by atoms with Gasteiger partial charge in [-0.3, -0.25) is 9.59 Å². The van der Waals surface area contributed by atoms with Crippen molar-refractivity contribution in [1.82, 2.24) is 10.6 Å². The first-order chi connectivity index (χ1) is 13.7. The van der Waals surface area contributed by atoms with Crippen molar-refractivity contribution >= 4 is 17.8 Å². The standard InChI is InChI=1S/C21H22F2N2O4/c1-12(2)18(24-17(26)10-13-8-15(22)11-16(23)9-13)20(27)25-19(21(28)29)14-6-4-3-5-7-14/h3-9,11-12,18-19H,10H2,1-2H3,(H,24,26)(H,25,27)(H,28,29)/t18-,19-/m0/s1. The molecule has 2 aromatic carbocycles. The van der Waals surface area contributed by atoms with E-state index >= 15 is 0 Å². The Morgan fingerprint density at radius 1 is 0.966 bits per heavy atom. The number of carbonyl (C=O) groups is 3. The number of carbonyl (C=O) groups excluding carboxylic acids is 2. The molecular formula is C21H22F2N2O4. The van der Waals surface area contributed by atoms with Crippen molar-refractivity contribution in [2.24, 2.45) is 5.92 Å². The van der Waals surface area contributed by atoms with E-state index in [9.17, 15) is 28.3 Å². The van der Waals surface area contributed by atoms with E-state index < -0.39 is 41.5 Å². The largest absolute Gasteiger partial charge is 0.479 e. The normalized spacial score (nSPS) is 12.9. The molecule has 2 amide bonds. The van der Waals surface area contributed by atoms with Gasteiger partial charge in [-0.25, -0.2) is 13.6 Å².